The maximum absolute atomic E-state index is 12.3. The highest BCUT2D eigenvalue weighted by atomic mass is 16.5. The minimum atomic E-state index is -0.164. The zero-order valence-electron chi connectivity index (χ0n) is 15.7. The molecule has 6 nitrogen and oxygen atoms in total. The van der Waals surface area contributed by atoms with Crippen molar-refractivity contribution < 1.29 is 14.1 Å². The van der Waals surface area contributed by atoms with Crippen LogP contribution >= 0.6 is 0 Å². The molecule has 0 unspecified atom stereocenters. The van der Waals surface area contributed by atoms with Gasteiger partial charge in [0.2, 0.25) is 0 Å². The third-order valence-electron chi connectivity index (χ3n) is 4.78. The van der Waals surface area contributed by atoms with Gasteiger partial charge in [-0.05, 0) is 35.2 Å². The lowest BCUT2D eigenvalue weighted by Gasteiger charge is -2.07. The fraction of sp³-hybridized carbons (Fsp3) is 0.182. The lowest BCUT2D eigenvalue weighted by molar-refractivity contribution is -0.114. The van der Waals surface area contributed by atoms with Crippen LogP contribution in [0.25, 0.3) is 11.1 Å². The molecule has 0 aliphatic carbocycles. The molecule has 0 fully saturated rings. The van der Waals surface area contributed by atoms with Crippen LogP contribution in [0.4, 0.5) is 0 Å². The van der Waals surface area contributed by atoms with Crippen molar-refractivity contribution in [2.24, 2.45) is 4.99 Å². The van der Waals surface area contributed by atoms with Crippen molar-refractivity contribution in [3.63, 3.8) is 0 Å². The standard InChI is InChI=1S/C22H19N3O3/c1-13-9-19(25-28-13)20(26)10-14-3-5-15(6-4-14)16-7-8-18-17(11-16)12-24-21(18)22(27)23-2/h3-9,11H,10,12H2,1-2H3,(H,23,27). The van der Waals surface area contributed by atoms with E-state index in [2.05, 4.69) is 21.5 Å². The fourth-order valence-electron chi connectivity index (χ4n) is 3.29. The van der Waals surface area contributed by atoms with Crippen molar-refractivity contribution in [1.29, 1.82) is 0 Å². The number of carbonyl (C=O) groups is 2. The minimum Gasteiger partial charge on any atom is -0.361 e. The molecule has 1 aromatic heterocycles. The van der Waals surface area contributed by atoms with Crippen LogP contribution in [0.15, 0.2) is 58.0 Å². The Morgan fingerprint density at radius 2 is 1.82 bits per heavy atom. The number of Topliss-reactive ketones (excluding diaryl/α,β-unsaturated/α-hetero) is 1. The van der Waals surface area contributed by atoms with E-state index in [0.29, 0.717) is 23.7 Å². The summed E-state index contributed by atoms with van der Waals surface area (Å²) < 4.78 is 4.96. The molecule has 1 aliphatic rings. The Morgan fingerprint density at radius 3 is 2.50 bits per heavy atom. The van der Waals surface area contributed by atoms with Gasteiger partial charge in [-0.2, -0.15) is 0 Å². The number of aromatic nitrogens is 1. The molecule has 1 amide bonds. The number of fused-ring (bicyclic) bond motifs is 1. The quantitative estimate of drug-likeness (QED) is 0.697. The number of rotatable bonds is 5. The van der Waals surface area contributed by atoms with Gasteiger partial charge in [0.05, 0.1) is 6.54 Å². The number of hydrogen-bond donors (Lipinski definition) is 1. The number of aliphatic imine (C=N–C) groups is 1. The SMILES string of the molecule is CNC(=O)C1=NCc2cc(-c3ccc(CC(=O)c4cc(C)on4)cc3)ccc21. The minimum absolute atomic E-state index is 0.0685. The summed E-state index contributed by atoms with van der Waals surface area (Å²) in [7, 11) is 1.60. The maximum atomic E-state index is 12.3. The molecule has 6 heteroatoms. The summed E-state index contributed by atoms with van der Waals surface area (Å²) in [6, 6.07) is 15.5. The van der Waals surface area contributed by atoms with Gasteiger partial charge in [-0.1, -0.05) is 41.6 Å². The molecule has 2 aromatic carbocycles. The summed E-state index contributed by atoms with van der Waals surface area (Å²) in [5.41, 5.74) is 5.78. The number of benzene rings is 2. The van der Waals surface area contributed by atoms with E-state index in [1.807, 2.05) is 36.4 Å². The van der Waals surface area contributed by atoms with Crippen molar-refractivity contribution in [2.75, 3.05) is 7.05 Å². The molecule has 0 radical (unpaired) electrons. The number of ketones is 1. The van der Waals surface area contributed by atoms with Crippen molar-refractivity contribution in [1.82, 2.24) is 10.5 Å². The highest BCUT2D eigenvalue weighted by molar-refractivity contribution is 6.46. The smallest absolute Gasteiger partial charge is 0.269 e. The van der Waals surface area contributed by atoms with Gasteiger partial charge >= 0.3 is 0 Å². The Bertz CT molecular complexity index is 1090. The van der Waals surface area contributed by atoms with Gasteiger partial charge in [-0.3, -0.25) is 14.6 Å². The molecule has 1 aliphatic heterocycles. The largest absolute Gasteiger partial charge is 0.361 e. The van der Waals surface area contributed by atoms with E-state index in [4.69, 9.17) is 4.52 Å². The first-order chi connectivity index (χ1) is 13.5. The molecule has 0 saturated carbocycles. The molecule has 4 rings (SSSR count). The molecule has 3 aromatic rings. The summed E-state index contributed by atoms with van der Waals surface area (Å²) in [4.78, 5) is 28.5. The summed E-state index contributed by atoms with van der Waals surface area (Å²) in [5, 5.41) is 6.39. The Hall–Kier alpha value is -3.54. The van der Waals surface area contributed by atoms with E-state index in [1.165, 1.54) is 0 Å². The number of likely N-dealkylation sites (N-methyl/N-ethyl adjacent to an activating group) is 1. The van der Waals surface area contributed by atoms with Gasteiger partial charge in [-0.15, -0.1) is 0 Å². The second-order valence-corrected chi connectivity index (χ2v) is 6.74. The highest BCUT2D eigenvalue weighted by Gasteiger charge is 2.21. The predicted molar refractivity (Wildman–Crippen MR) is 105 cm³/mol. The fourth-order valence-corrected chi connectivity index (χ4v) is 3.29. The van der Waals surface area contributed by atoms with Crippen LogP contribution in [0.3, 0.4) is 0 Å². The third kappa shape index (κ3) is 3.36. The maximum Gasteiger partial charge on any atom is 0.269 e. The molecule has 140 valence electrons. The molecule has 2 heterocycles. The van der Waals surface area contributed by atoms with E-state index >= 15 is 0 Å². The van der Waals surface area contributed by atoms with Crippen molar-refractivity contribution >= 4 is 17.4 Å². The molecule has 0 saturated heterocycles. The van der Waals surface area contributed by atoms with E-state index in [0.717, 1.165) is 27.8 Å². The van der Waals surface area contributed by atoms with E-state index in [-0.39, 0.29) is 18.1 Å². The molecule has 0 spiro atoms. The van der Waals surface area contributed by atoms with Crippen LogP contribution in [-0.2, 0) is 17.8 Å². The molecular formula is C22H19N3O3. The van der Waals surface area contributed by atoms with Crippen LogP contribution in [0.2, 0.25) is 0 Å². The Kier molecular flexibility index (Phi) is 4.61. The number of amides is 1. The third-order valence-corrected chi connectivity index (χ3v) is 4.78. The highest BCUT2D eigenvalue weighted by Crippen LogP contribution is 2.27. The van der Waals surface area contributed by atoms with Crippen LogP contribution < -0.4 is 5.32 Å². The molecule has 0 atom stereocenters. The van der Waals surface area contributed by atoms with Crippen molar-refractivity contribution in [3.8, 4) is 11.1 Å². The van der Waals surface area contributed by atoms with E-state index < -0.39 is 0 Å². The van der Waals surface area contributed by atoms with Gasteiger partial charge in [0.25, 0.3) is 5.91 Å². The Balaban J connectivity index is 1.50. The summed E-state index contributed by atoms with van der Waals surface area (Å²) >= 11 is 0. The Morgan fingerprint density at radius 1 is 1.07 bits per heavy atom. The normalized spacial score (nSPS) is 12.4. The first kappa shape index (κ1) is 17.9. The van der Waals surface area contributed by atoms with Crippen LogP contribution in [-0.4, -0.2) is 29.6 Å². The average molecular weight is 373 g/mol. The summed E-state index contributed by atoms with van der Waals surface area (Å²) in [5.74, 6) is 0.391. The first-order valence-electron chi connectivity index (χ1n) is 9.01. The number of carbonyl (C=O) groups excluding carboxylic acids is 2. The van der Waals surface area contributed by atoms with Crippen molar-refractivity contribution in [2.45, 2.75) is 19.9 Å². The summed E-state index contributed by atoms with van der Waals surface area (Å²) in [6.45, 7) is 2.27. The van der Waals surface area contributed by atoms with Gasteiger partial charge in [-0.25, -0.2) is 0 Å². The Labute approximate surface area is 162 Å². The van der Waals surface area contributed by atoms with Gasteiger partial charge in [0.15, 0.2) is 5.78 Å². The number of hydrogen-bond acceptors (Lipinski definition) is 5. The second-order valence-electron chi connectivity index (χ2n) is 6.74. The zero-order valence-corrected chi connectivity index (χ0v) is 15.7. The van der Waals surface area contributed by atoms with Gasteiger partial charge in [0.1, 0.15) is 17.2 Å². The lowest BCUT2D eigenvalue weighted by Crippen LogP contribution is -2.27. The topological polar surface area (TPSA) is 84.6 Å². The monoisotopic (exact) mass is 373 g/mol. The molecule has 1 N–H and O–H groups in total. The van der Waals surface area contributed by atoms with Crippen LogP contribution in [0.1, 0.15) is 32.9 Å². The van der Waals surface area contributed by atoms with E-state index in [9.17, 15) is 9.59 Å². The molecule has 0 bridgehead atoms. The predicted octanol–water partition coefficient (Wildman–Crippen LogP) is 3.12. The van der Waals surface area contributed by atoms with Crippen molar-refractivity contribution in [3.05, 3.63) is 76.7 Å². The number of aryl methyl sites for hydroxylation is 1. The van der Waals surface area contributed by atoms with Crippen LogP contribution in [0.5, 0.6) is 0 Å². The number of nitrogens with one attached hydrogen (secondary N) is 1. The van der Waals surface area contributed by atoms with E-state index in [1.54, 1.807) is 20.0 Å². The first-order valence-corrected chi connectivity index (χ1v) is 9.01. The average Bonchev–Trinajstić information content (AvgIpc) is 3.33. The molecule has 28 heavy (non-hydrogen) atoms. The molecular weight excluding hydrogens is 354 g/mol. The summed E-state index contributed by atoms with van der Waals surface area (Å²) in [6.07, 6.45) is 0.278. The lowest BCUT2D eigenvalue weighted by atomic mass is 9.97. The second kappa shape index (κ2) is 7.23. The van der Waals surface area contributed by atoms with Gasteiger partial charge in [0, 0.05) is 25.1 Å². The van der Waals surface area contributed by atoms with Crippen LogP contribution in [0, 0.1) is 6.92 Å². The number of nitrogens with zero attached hydrogens (tertiary/aromatic N) is 2. The zero-order chi connectivity index (χ0) is 19.7. The van der Waals surface area contributed by atoms with Gasteiger partial charge < -0.3 is 9.84 Å².